The second-order valence-corrected chi connectivity index (χ2v) is 6.06. The number of nitrogens with zero attached hydrogens (tertiary/aromatic N) is 2. The SMILES string of the molecule is CCO[Si](/C=C\n1ccc(C)n1)(OCC)OCC. The van der Waals surface area contributed by atoms with E-state index >= 15 is 0 Å². The lowest BCUT2D eigenvalue weighted by Gasteiger charge is -2.25. The van der Waals surface area contributed by atoms with E-state index in [1.165, 1.54) is 0 Å². The lowest BCUT2D eigenvalue weighted by Crippen LogP contribution is -2.44. The predicted molar refractivity (Wildman–Crippen MR) is 72.9 cm³/mol. The molecule has 18 heavy (non-hydrogen) atoms. The van der Waals surface area contributed by atoms with Crippen molar-refractivity contribution in [3.8, 4) is 0 Å². The summed E-state index contributed by atoms with van der Waals surface area (Å²) in [6.45, 7) is 9.45. The van der Waals surface area contributed by atoms with Crippen molar-refractivity contribution in [2.45, 2.75) is 27.7 Å². The zero-order chi connectivity index (χ0) is 13.4. The number of rotatable bonds is 8. The molecule has 6 heteroatoms. The minimum Gasteiger partial charge on any atom is -0.371 e. The number of aromatic nitrogens is 2. The highest BCUT2D eigenvalue weighted by Crippen LogP contribution is 2.12. The third-order valence-electron chi connectivity index (χ3n) is 2.21. The Morgan fingerprint density at radius 3 is 2.11 bits per heavy atom. The van der Waals surface area contributed by atoms with Crippen LogP contribution in [0, 0.1) is 6.92 Å². The summed E-state index contributed by atoms with van der Waals surface area (Å²) in [5.41, 5.74) is 2.84. The molecule has 0 aliphatic rings. The van der Waals surface area contributed by atoms with Crippen molar-refractivity contribution in [1.29, 1.82) is 0 Å². The Morgan fingerprint density at radius 2 is 1.72 bits per heavy atom. The van der Waals surface area contributed by atoms with Crippen LogP contribution >= 0.6 is 0 Å². The summed E-state index contributed by atoms with van der Waals surface area (Å²) in [6.07, 6.45) is 3.72. The van der Waals surface area contributed by atoms with Gasteiger partial charge in [-0.05, 0) is 33.8 Å². The molecule has 0 saturated heterocycles. The van der Waals surface area contributed by atoms with E-state index in [2.05, 4.69) is 5.10 Å². The van der Waals surface area contributed by atoms with Gasteiger partial charge in [0.25, 0.3) is 0 Å². The summed E-state index contributed by atoms with van der Waals surface area (Å²) in [5, 5.41) is 4.28. The molecule has 0 fully saturated rings. The molecule has 5 nitrogen and oxygen atoms in total. The van der Waals surface area contributed by atoms with Crippen molar-refractivity contribution < 1.29 is 13.3 Å². The van der Waals surface area contributed by atoms with Gasteiger partial charge in [0.1, 0.15) is 0 Å². The first kappa shape index (κ1) is 15.1. The lowest BCUT2D eigenvalue weighted by molar-refractivity contribution is 0.0844. The van der Waals surface area contributed by atoms with Gasteiger partial charge in [0, 0.05) is 37.9 Å². The van der Waals surface area contributed by atoms with Crippen LogP contribution in [0.25, 0.3) is 6.20 Å². The molecule has 0 aromatic carbocycles. The maximum Gasteiger partial charge on any atom is 0.531 e. The fraction of sp³-hybridized carbons (Fsp3) is 0.583. The largest absolute Gasteiger partial charge is 0.531 e. The van der Waals surface area contributed by atoms with Crippen LogP contribution in [-0.4, -0.2) is 38.4 Å². The molecule has 1 aromatic heterocycles. The molecule has 0 bridgehead atoms. The van der Waals surface area contributed by atoms with Gasteiger partial charge in [-0.25, -0.2) is 4.68 Å². The van der Waals surface area contributed by atoms with Crippen LogP contribution in [0.2, 0.25) is 0 Å². The number of aryl methyl sites for hydroxylation is 1. The van der Waals surface area contributed by atoms with Crippen molar-refractivity contribution in [3.63, 3.8) is 0 Å². The third kappa shape index (κ3) is 4.38. The molecule has 1 rings (SSSR count). The minimum atomic E-state index is -2.71. The van der Waals surface area contributed by atoms with Gasteiger partial charge in [-0.2, -0.15) is 5.10 Å². The van der Waals surface area contributed by atoms with Gasteiger partial charge in [-0.1, -0.05) is 0 Å². The molecule has 0 atom stereocenters. The average Bonchev–Trinajstić information content (AvgIpc) is 2.74. The Bertz CT molecular complexity index is 362. The summed E-state index contributed by atoms with van der Waals surface area (Å²) in [7, 11) is -2.71. The van der Waals surface area contributed by atoms with E-state index in [0.29, 0.717) is 19.8 Å². The molecule has 1 aromatic rings. The van der Waals surface area contributed by atoms with Gasteiger partial charge in [0.05, 0.1) is 5.69 Å². The lowest BCUT2D eigenvalue weighted by atomic mass is 10.5. The Labute approximate surface area is 110 Å². The van der Waals surface area contributed by atoms with E-state index in [9.17, 15) is 0 Å². The molecular formula is C12H22N2O3Si. The molecular weight excluding hydrogens is 248 g/mol. The van der Waals surface area contributed by atoms with E-state index in [-0.39, 0.29) is 0 Å². The molecule has 0 unspecified atom stereocenters. The number of hydrogen-bond acceptors (Lipinski definition) is 4. The molecule has 0 N–H and O–H groups in total. The molecule has 0 aliphatic heterocycles. The fourth-order valence-electron chi connectivity index (χ4n) is 1.56. The summed E-state index contributed by atoms with van der Waals surface area (Å²) in [4.78, 5) is 0. The highest BCUT2D eigenvalue weighted by molar-refractivity contribution is 6.66. The summed E-state index contributed by atoms with van der Waals surface area (Å²) < 4.78 is 18.8. The van der Waals surface area contributed by atoms with E-state index in [1.54, 1.807) is 4.68 Å². The second-order valence-electron chi connectivity index (χ2n) is 3.66. The molecule has 0 amide bonds. The fourth-order valence-corrected chi connectivity index (χ4v) is 3.64. The van der Waals surface area contributed by atoms with Gasteiger partial charge in [-0.3, -0.25) is 0 Å². The molecule has 0 radical (unpaired) electrons. The summed E-state index contributed by atoms with van der Waals surface area (Å²) >= 11 is 0. The molecule has 0 spiro atoms. The van der Waals surface area contributed by atoms with Crippen LogP contribution < -0.4 is 0 Å². The molecule has 0 aliphatic carbocycles. The molecule has 102 valence electrons. The first-order valence-electron chi connectivity index (χ1n) is 6.28. The van der Waals surface area contributed by atoms with Crippen LogP contribution in [0.4, 0.5) is 0 Å². The van der Waals surface area contributed by atoms with Crippen molar-refractivity contribution >= 4 is 15.0 Å². The van der Waals surface area contributed by atoms with Crippen molar-refractivity contribution in [2.24, 2.45) is 0 Å². The zero-order valence-corrected chi connectivity index (χ0v) is 12.5. The summed E-state index contributed by atoms with van der Waals surface area (Å²) in [6, 6.07) is 1.94. The Kier molecular flexibility index (Phi) is 6.27. The number of hydrogen-bond donors (Lipinski definition) is 0. The van der Waals surface area contributed by atoms with E-state index < -0.39 is 8.80 Å². The van der Waals surface area contributed by atoms with Gasteiger partial charge in [0.15, 0.2) is 0 Å². The van der Waals surface area contributed by atoms with Crippen LogP contribution in [0.1, 0.15) is 26.5 Å². The van der Waals surface area contributed by atoms with Gasteiger partial charge < -0.3 is 13.3 Å². The predicted octanol–water partition coefficient (Wildman–Crippen LogP) is 2.25. The smallest absolute Gasteiger partial charge is 0.371 e. The van der Waals surface area contributed by atoms with Crippen LogP contribution in [0.3, 0.4) is 0 Å². The summed E-state index contributed by atoms with van der Waals surface area (Å²) in [5.74, 6) is 0. The Morgan fingerprint density at radius 1 is 1.17 bits per heavy atom. The van der Waals surface area contributed by atoms with Crippen molar-refractivity contribution in [1.82, 2.24) is 9.78 Å². The second kappa shape index (κ2) is 7.47. The zero-order valence-electron chi connectivity index (χ0n) is 11.5. The Balaban J connectivity index is 2.84. The highest BCUT2D eigenvalue weighted by Gasteiger charge is 2.37. The van der Waals surface area contributed by atoms with E-state index in [1.807, 2.05) is 51.9 Å². The average molecular weight is 270 g/mol. The van der Waals surface area contributed by atoms with E-state index in [0.717, 1.165) is 5.69 Å². The van der Waals surface area contributed by atoms with Gasteiger partial charge in [-0.15, -0.1) is 0 Å². The van der Waals surface area contributed by atoms with Crippen molar-refractivity contribution in [3.05, 3.63) is 23.7 Å². The van der Waals surface area contributed by atoms with Crippen LogP contribution in [0.15, 0.2) is 18.0 Å². The first-order chi connectivity index (χ1) is 8.65. The van der Waals surface area contributed by atoms with Gasteiger partial charge >= 0.3 is 8.80 Å². The topological polar surface area (TPSA) is 45.5 Å². The van der Waals surface area contributed by atoms with Crippen LogP contribution in [-0.2, 0) is 13.3 Å². The monoisotopic (exact) mass is 270 g/mol. The van der Waals surface area contributed by atoms with Crippen molar-refractivity contribution in [2.75, 3.05) is 19.8 Å². The molecule has 1 heterocycles. The van der Waals surface area contributed by atoms with E-state index in [4.69, 9.17) is 13.3 Å². The third-order valence-corrected chi connectivity index (χ3v) is 4.84. The van der Waals surface area contributed by atoms with Gasteiger partial charge in [0.2, 0.25) is 0 Å². The molecule has 0 saturated carbocycles. The minimum absolute atomic E-state index is 0.564. The normalized spacial score (nSPS) is 12.4. The quantitative estimate of drug-likeness (QED) is 0.680. The van der Waals surface area contributed by atoms with Crippen LogP contribution in [0.5, 0.6) is 0 Å². The first-order valence-corrected chi connectivity index (χ1v) is 8.09. The standard InChI is InChI=1S/C12H22N2O3Si/c1-5-15-18(16-6-2,17-7-3)11-10-14-9-8-12(4)13-14/h8-11H,5-7H2,1-4H3/b11-10-. The highest BCUT2D eigenvalue weighted by atomic mass is 28.4. The maximum atomic E-state index is 5.71. The Hall–Kier alpha value is -0.953. The maximum absolute atomic E-state index is 5.71.